The van der Waals surface area contributed by atoms with Gasteiger partial charge in [0, 0.05) is 11.1 Å². The van der Waals surface area contributed by atoms with E-state index < -0.39 is 28.4 Å². The van der Waals surface area contributed by atoms with Gasteiger partial charge in [-0.2, -0.15) is 0 Å². The van der Waals surface area contributed by atoms with Crippen molar-refractivity contribution in [2.45, 2.75) is 13.0 Å². The molecule has 24 heavy (non-hydrogen) atoms. The Kier molecular flexibility index (Phi) is 5.35. The number of nitrogens with one attached hydrogen (secondary N) is 1. The van der Waals surface area contributed by atoms with E-state index in [2.05, 4.69) is 5.32 Å². The minimum atomic E-state index is -0.682. The van der Waals surface area contributed by atoms with Crippen LogP contribution in [0.2, 0.25) is 5.02 Å². The molecular formula is C16H14ClFN2O4. The Labute approximate surface area is 142 Å². The van der Waals surface area contributed by atoms with Gasteiger partial charge in [-0.25, -0.2) is 4.39 Å². The summed E-state index contributed by atoms with van der Waals surface area (Å²) >= 11 is 5.72. The van der Waals surface area contributed by atoms with Crippen molar-refractivity contribution in [3.8, 4) is 5.75 Å². The Bertz CT molecular complexity index is 798. The van der Waals surface area contributed by atoms with E-state index in [-0.39, 0.29) is 16.3 Å². The number of hydrogen-bond donors (Lipinski definition) is 1. The second-order valence-electron chi connectivity index (χ2n) is 5.01. The summed E-state index contributed by atoms with van der Waals surface area (Å²) in [4.78, 5) is 22.7. The normalized spacial score (nSPS) is 11.7. The smallest absolute Gasteiger partial charge is 0.283 e. The maximum Gasteiger partial charge on any atom is 0.283 e. The van der Waals surface area contributed by atoms with E-state index in [1.165, 1.54) is 31.4 Å². The quantitative estimate of drug-likeness (QED) is 0.653. The number of rotatable bonds is 5. The summed E-state index contributed by atoms with van der Waals surface area (Å²) in [5, 5.41) is 13.8. The zero-order valence-electron chi connectivity index (χ0n) is 12.9. The van der Waals surface area contributed by atoms with E-state index >= 15 is 0 Å². The molecule has 0 saturated carbocycles. The zero-order chi connectivity index (χ0) is 17.9. The minimum Gasteiger partial charge on any atom is -0.494 e. The van der Waals surface area contributed by atoms with Gasteiger partial charge >= 0.3 is 0 Å². The molecule has 0 saturated heterocycles. The number of carbonyl (C=O) groups is 1. The number of halogens is 2. The Morgan fingerprint density at radius 2 is 2.04 bits per heavy atom. The molecule has 0 unspecified atom stereocenters. The molecule has 0 aliphatic rings. The van der Waals surface area contributed by atoms with E-state index in [0.717, 1.165) is 6.07 Å². The number of amides is 1. The Morgan fingerprint density at radius 1 is 1.33 bits per heavy atom. The lowest BCUT2D eigenvalue weighted by Crippen LogP contribution is -2.27. The average molecular weight is 353 g/mol. The molecule has 1 amide bonds. The van der Waals surface area contributed by atoms with Crippen molar-refractivity contribution >= 4 is 23.2 Å². The monoisotopic (exact) mass is 352 g/mol. The number of benzene rings is 2. The highest BCUT2D eigenvalue weighted by Gasteiger charge is 2.22. The Balaban J connectivity index is 2.23. The number of ether oxygens (including phenoxy) is 1. The molecule has 0 radical (unpaired) electrons. The van der Waals surface area contributed by atoms with Crippen molar-refractivity contribution in [1.29, 1.82) is 0 Å². The topological polar surface area (TPSA) is 81.5 Å². The maximum atomic E-state index is 13.7. The summed E-state index contributed by atoms with van der Waals surface area (Å²) in [7, 11) is 1.35. The molecule has 0 heterocycles. The molecule has 1 N–H and O–H groups in total. The molecule has 126 valence electrons. The molecular weight excluding hydrogens is 339 g/mol. The van der Waals surface area contributed by atoms with Gasteiger partial charge in [0.15, 0.2) is 11.6 Å². The van der Waals surface area contributed by atoms with Crippen molar-refractivity contribution in [1.82, 2.24) is 5.32 Å². The third kappa shape index (κ3) is 3.80. The van der Waals surface area contributed by atoms with Gasteiger partial charge in [0.25, 0.3) is 11.6 Å². The van der Waals surface area contributed by atoms with Gasteiger partial charge in [-0.3, -0.25) is 14.9 Å². The Hall–Kier alpha value is -2.67. The highest BCUT2D eigenvalue weighted by molar-refractivity contribution is 6.31. The molecule has 2 aromatic rings. The van der Waals surface area contributed by atoms with Crippen molar-refractivity contribution in [2.75, 3.05) is 7.11 Å². The fourth-order valence-electron chi connectivity index (χ4n) is 2.16. The first kappa shape index (κ1) is 17.7. The summed E-state index contributed by atoms with van der Waals surface area (Å²) < 4.78 is 18.6. The van der Waals surface area contributed by atoms with E-state index in [0.29, 0.717) is 5.56 Å². The highest BCUT2D eigenvalue weighted by atomic mass is 35.5. The maximum absolute atomic E-state index is 13.7. The van der Waals surface area contributed by atoms with E-state index in [9.17, 15) is 19.3 Å². The van der Waals surface area contributed by atoms with Crippen LogP contribution in [-0.4, -0.2) is 17.9 Å². The van der Waals surface area contributed by atoms with E-state index in [1.54, 1.807) is 13.0 Å². The molecule has 0 aliphatic heterocycles. The number of carbonyl (C=O) groups excluding carboxylic acids is 1. The largest absolute Gasteiger partial charge is 0.494 e. The van der Waals surface area contributed by atoms with Gasteiger partial charge in [0.05, 0.1) is 18.1 Å². The number of nitro groups is 1. The van der Waals surface area contributed by atoms with Crippen molar-refractivity contribution < 1.29 is 18.8 Å². The lowest BCUT2D eigenvalue weighted by atomic mass is 10.1. The van der Waals surface area contributed by atoms with Gasteiger partial charge in [-0.15, -0.1) is 0 Å². The lowest BCUT2D eigenvalue weighted by Gasteiger charge is -2.15. The average Bonchev–Trinajstić information content (AvgIpc) is 2.54. The molecule has 0 spiro atoms. The van der Waals surface area contributed by atoms with Gasteiger partial charge in [-0.1, -0.05) is 17.7 Å². The molecule has 1 atom stereocenters. The van der Waals surface area contributed by atoms with E-state index in [1.807, 2.05) is 0 Å². The third-order valence-electron chi connectivity index (χ3n) is 3.42. The predicted molar refractivity (Wildman–Crippen MR) is 86.9 cm³/mol. The van der Waals surface area contributed by atoms with Crippen LogP contribution in [0.1, 0.15) is 28.9 Å². The van der Waals surface area contributed by atoms with Crippen LogP contribution in [0.3, 0.4) is 0 Å². The van der Waals surface area contributed by atoms with E-state index in [4.69, 9.17) is 16.3 Å². The van der Waals surface area contributed by atoms with Gasteiger partial charge in [0.2, 0.25) is 0 Å². The number of hydrogen-bond acceptors (Lipinski definition) is 4. The molecule has 6 nitrogen and oxygen atoms in total. The first-order chi connectivity index (χ1) is 11.3. The van der Waals surface area contributed by atoms with Gasteiger partial charge in [-0.05, 0) is 36.8 Å². The van der Waals surface area contributed by atoms with Crippen LogP contribution in [-0.2, 0) is 0 Å². The molecule has 0 fully saturated rings. The second kappa shape index (κ2) is 7.27. The first-order valence-electron chi connectivity index (χ1n) is 6.91. The third-order valence-corrected chi connectivity index (χ3v) is 3.66. The lowest BCUT2D eigenvalue weighted by molar-refractivity contribution is -0.385. The van der Waals surface area contributed by atoms with Gasteiger partial charge < -0.3 is 10.1 Å². The molecule has 0 aromatic heterocycles. The van der Waals surface area contributed by atoms with Crippen molar-refractivity contribution in [2.24, 2.45) is 0 Å². The van der Waals surface area contributed by atoms with Crippen molar-refractivity contribution in [3.05, 3.63) is 68.5 Å². The van der Waals surface area contributed by atoms with Crippen LogP contribution in [0.25, 0.3) is 0 Å². The fraction of sp³-hybridized carbons (Fsp3) is 0.188. The SMILES string of the molecule is COc1ccc([C@H](C)NC(=O)c2ccc(Cl)cc2[N+](=O)[O-])cc1F. The molecule has 0 aliphatic carbocycles. The number of nitrogens with zero attached hydrogens (tertiary/aromatic N) is 1. The highest BCUT2D eigenvalue weighted by Crippen LogP contribution is 2.25. The van der Waals surface area contributed by atoms with Crippen molar-refractivity contribution in [3.63, 3.8) is 0 Å². The van der Waals surface area contributed by atoms with Gasteiger partial charge in [0.1, 0.15) is 5.56 Å². The van der Waals surface area contributed by atoms with Crippen LogP contribution in [0.5, 0.6) is 5.75 Å². The van der Waals surface area contributed by atoms with Crippen LogP contribution in [0.15, 0.2) is 36.4 Å². The van der Waals surface area contributed by atoms with Crippen LogP contribution in [0, 0.1) is 15.9 Å². The second-order valence-corrected chi connectivity index (χ2v) is 5.44. The summed E-state index contributed by atoms with van der Waals surface area (Å²) in [6.45, 7) is 1.64. The first-order valence-corrected chi connectivity index (χ1v) is 7.29. The summed E-state index contributed by atoms with van der Waals surface area (Å²) in [5.41, 5.74) is -0.0170. The molecule has 2 aromatic carbocycles. The number of methoxy groups -OCH3 is 1. The summed E-state index contributed by atoms with van der Waals surface area (Å²) in [6.07, 6.45) is 0. The van der Waals surface area contributed by atoms with Crippen LogP contribution < -0.4 is 10.1 Å². The zero-order valence-corrected chi connectivity index (χ0v) is 13.6. The summed E-state index contributed by atoms with van der Waals surface area (Å²) in [6, 6.07) is 7.49. The number of nitro benzene ring substituents is 1. The molecule has 0 bridgehead atoms. The minimum absolute atomic E-state index is 0.0885. The predicted octanol–water partition coefficient (Wildman–Crippen LogP) is 3.89. The van der Waals surface area contributed by atoms with Crippen LogP contribution in [0.4, 0.5) is 10.1 Å². The van der Waals surface area contributed by atoms with Crippen LogP contribution >= 0.6 is 11.6 Å². The Morgan fingerprint density at radius 3 is 2.62 bits per heavy atom. The fourth-order valence-corrected chi connectivity index (χ4v) is 2.32. The standard InChI is InChI=1S/C16H14ClFN2O4/c1-9(10-3-6-15(24-2)13(18)7-10)19-16(21)12-5-4-11(17)8-14(12)20(22)23/h3-9H,1-2H3,(H,19,21)/t9-/m0/s1. The summed E-state index contributed by atoms with van der Waals surface area (Å²) in [5.74, 6) is -1.12. The molecule has 2 rings (SSSR count). The molecule has 8 heteroatoms.